The molecule has 0 heterocycles. The lowest BCUT2D eigenvalue weighted by Gasteiger charge is -2.38. The van der Waals surface area contributed by atoms with Gasteiger partial charge in [0.2, 0.25) is 0 Å². The number of ketones is 1. The molecule has 3 aliphatic carbocycles. The van der Waals surface area contributed by atoms with E-state index < -0.39 is 0 Å². The molecule has 3 saturated carbocycles. The SMILES string of the molecule is O=C1C2CCC1C1CCC21. The Labute approximate surface area is 60.8 Å². The number of fused-ring (bicyclic) bond motifs is 5. The zero-order valence-electron chi connectivity index (χ0n) is 6.05. The monoisotopic (exact) mass is 136 g/mol. The van der Waals surface area contributed by atoms with Crippen LogP contribution in [-0.4, -0.2) is 5.78 Å². The van der Waals surface area contributed by atoms with E-state index in [-0.39, 0.29) is 0 Å². The van der Waals surface area contributed by atoms with Crippen LogP contribution < -0.4 is 0 Å². The van der Waals surface area contributed by atoms with Crippen LogP contribution in [0.15, 0.2) is 0 Å². The highest BCUT2D eigenvalue weighted by atomic mass is 16.1. The first-order valence-corrected chi connectivity index (χ1v) is 4.41. The Morgan fingerprint density at radius 1 is 0.900 bits per heavy atom. The first-order chi connectivity index (χ1) is 4.88. The van der Waals surface area contributed by atoms with Crippen molar-refractivity contribution in [3.05, 3.63) is 0 Å². The van der Waals surface area contributed by atoms with Gasteiger partial charge in [-0.2, -0.15) is 0 Å². The van der Waals surface area contributed by atoms with Crippen molar-refractivity contribution >= 4 is 5.78 Å². The second kappa shape index (κ2) is 1.46. The van der Waals surface area contributed by atoms with Crippen molar-refractivity contribution in [2.24, 2.45) is 23.7 Å². The number of Topliss-reactive ketones (excluding diaryl/α,β-unsaturated/α-hetero) is 1. The summed E-state index contributed by atoms with van der Waals surface area (Å²) in [6.45, 7) is 0. The largest absolute Gasteiger partial charge is 0.299 e. The van der Waals surface area contributed by atoms with Gasteiger partial charge < -0.3 is 0 Å². The van der Waals surface area contributed by atoms with Gasteiger partial charge in [0.25, 0.3) is 0 Å². The average Bonchev–Trinajstić information content (AvgIpc) is 2.21. The molecule has 1 heteroatoms. The summed E-state index contributed by atoms with van der Waals surface area (Å²) >= 11 is 0. The molecule has 2 bridgehead atoms. The first kappa shape index (κ1) is 5.34. The molecular weight excluding hydrogens is 124 g/mol. The summed E-state index contributed by atoms with van der Waals surface area (Å²) < 4.78 is 0. The summed E-state index contributed by atoms with van der Waals surface area (Å²) in [5.74, 6) is 3.40. The fourth-order valence-corrected chi connectivity index (χ4v) is 3.32. The van der Waals surface area contributed by atoms with Crippen molar-refractivity contribution in [1.82, 2.24) is 0 Å². The van der Waals surface area contributed by atoms with E-state index in [0.29, 0.717) is 17.6 Å². The summed E-state index contributed by atoms with van der Waals surface area (Å²) in [5, 5.41) is 0. The summed E-state index contributed by atoms with van der Waals surface area (Å²) in [5.41, 5.74) is 0. The predicted molar refractivity (Wildman–Crippen MR) is 37.4 cm³/mol. The molecule has 0 saturated heterocycles. The van der Waals surface area contributed by atoms with Crippen molar-refractivity contribution in [2.75, 3.05) is 0 Å². The standard InChI is InChI=1S/C9H12O/c10-9-7-3-4-8(9)6-2-1-5(6)7/h5-8H,1-4H2. The van der Waals surface area contributed by atoms with E-state index >= 15 is 0 Å². The lowest BCUT2D eigenvalue weighted by atomic mass is 9.66. The molecule has 0 radical (unpaired) electrons. The molecule has 0 aliphatic heterocycles. The van der Waals surface area contributed by atoms with Gasteiger partial charge in [-0.25, -0.2) is 0 Å². The Morgan fingerprint density at radius 3 is 1.70 bits per heavy atom. The maximum atomic E-state index is 11.4. The number of hydrogen-bond donors (Lipinski definition) is 0. The number of hydrogen-bond acceptors (Lipinski definition) is 1. The van der Waals surface area contributed by atoms with E-state index in [4.69, 9.17) is 0 Å². The Kier molecular flexibility index (Phi) is 0.781. The van der Waals surface area contributed by atoms with E-state index in [1.807, 2.05) is 0 Å². The molecule has 4 atom stereocenters. The van der Waals surface area contributed by atoms with Crippen LogP contribution in [0, 0.1) is 23.7 Å². The van der Waals surface area contributed by atoms with E-state index in [2.05, 4.69) is 0 Å². The van der Waals surface area contributed by atoms with Crippen LogP contribution in [0.2, 0.25) is 0 Å². The van der Waals surface area contributed by atoms with Gasteiger partial charge in [-0.15, -0.1) is 0 Å². The van der Waals surface area contributed by atoms with Crippen molar-refractivity contribution in [3.8, 4) is 0 Å². The van der Waals surface area contributed by atoms with Crippen LogP contribution in [0.5, 0.6) is 0 Å². The molecule has 0 amide bonds. The highest BCUT2D eigenvalue weighted by Gasteiger charge is 2.57. The van der Waals surface area contributed by atoms with Crippen LogP contribution in [-0.2, 0) is 4.79 Å². The zero-order chi connectivity index (χ0) is 6.72. The van der Waals surface area contributed by atoms with E-state index in [1.54, 1.807) is 0 Å². The summed E-state index contributed by atoms with van der Waals surface area (Å²) in [4.78, 5) is 11.4. The second-order valence-electron chi connectivity index (χ2n) is 4.10. The van der Waals surface area contributed by atoms with Gasteiger partial charge >= 0.3 is 0 Å². The maximum absolute atomic E-state index is 11.4. The fourth-order valence-electron chi connectivity index (χ4n) is 3.32. The molecule has 10 heavy (non-hydrogen) atoms. The quantitative estimate of drug-likeness (QED) is 0.494. The molecule has 0 aromatic rings. The van der Waals surface area contributed by atoms with Crippen molar-refractivity contribution in [2.45, 2.75) is 25.7 Å². The van der Waals surface area contributed by atoms with Gasteiger partial charge in [0.15, 0.2) is 0 Å². The molecule has 3 rings (SSSR count). The van der Waals surface area contributed by atoms with E-state index in [9.17, 15) is 4.79 Å². The van der Waals surface area contributed by atoms with Crippen molar-refractivity contribution in [3.63, 3.8) is 0 Å². The molecule has 0 spiro atoms. The Balaban J connectivity index is 2.02. The van der Waals surface area contributed by atoms with Crippen LogP contribution in [0.3, 0.4) is 0 Å². The van der Waals surface area contributed by atoms with Crippen molar-refractivity contribution in [1.29, 1.82) is 0 Å². The van der Waals surface area contributed by atoms with Gasteiger partial charge in [-0.3, -0.25) is 4.79 Å². The van der Waals surface area contributed by atoms with Gasteiger partial charge in [-0.05, 0) is 37.5 Å². The molecule has 0 aromatic carbocycles. The number of carbonyl (C=O) groups is 1. The van der Waals surface area contributed by atoms with Gasteiger partial charge in [-0.1, -0.05) is 0 Å². The third kappa shape index (κ3) is 0.388. The fraction of sp³-hybridized carbons (Fsp3) is 0.889. The third-order valence-electron chi connectivity index (χ3n) is 3.94. The molecule has 3 aliphatic rings. The molecule has 3 fully saturated rings. The van der Waals surface area contributed by atoms with E-state index in [1.165, 1.54) is 25.7 Å². The summed E-state index contributed by atoms with van der Waals surface area (Å²) in [7, 11) is 0. The minimum absolute atomic E-state index is 0.531. The topological polar surface area (TPSA) is 17.1 Å². The molecule has 0 aromatic heterocycles. The summed E-state index contributed by atoms with van der Waals surface area (Å²) in [6, 6.07) is 0. The average molecular weight is 136 g/mol. The third-order valence-corrected chi connectivity index (χ3v) is 3.94. The lowest BCUT2D eigenvalue weighted by molar-refractivity contribution is -0.121. The molecular formula is C9H12O. The highest BCUT2D eigenvalue weighted by molar-refractivity contribution is 5.88. The van der Waals surface area contributed by atoms with Crippen LogP contribution >= 0.6 is 0 Å². The van der Waals surface area contributed by atoms with Gasteiger partial charge in [0.05, 0.1) is 0 Å². The predicted octanol–water partition coefficient (Wildman–Crippen LogP) is 1.62. The van der Waals surface area contributed by atoms with Crippen LogP contribution in [0.1, 0.15) is 25.7 Å². The first-order valence-electron chi connectivity index (χ1n) is 4.41. The molecule has 54 valence electrons. The Bertz CT molecular complexity index is 177. The number of rotatable bonds is 0. The summed E-state index contributed by atoms with van der Waals surface area (Å²) in [6.07, 6.45) is 5.17. The normalized spacial score (nSPS) is 56.6. The smallest absolute Gasteiger partial charge is 0.139 e. The number of carbonyl (C=O) groups excluding carboxylic acids is 1. The Morgan fingerprint density at radius 2 is 1.40 bits per heavy atom. The second-order valence-corrected chi connectivity index (χ2v) is 4.10. The minimum atomic E-state index is 0.531. The van der Waals surface area contributed by atoms with Gasteiger partial charge in [0.1, 0.15) is 5.78 Å². The van der Waals surface area contributed by atoms with Crippen molar-refractivity contribution < 1.29 is 4.79 Å². The van der Waals surface area contributed by atoms with E-state index in [0.717, 1.165) is 11.8 Å². The molecule has 4 unspecified atom stereocenters. The maximum Gasteiger partial charge on any atom is 0.139 e. The van der Waals surface area contributed by atoms with Gasteiger partial charge in [0, 0.05) is 11.8 Å². The van der Waals surface area contributed by atoms with Crippen LogP contribution in [0.4, 0.5) is 0 Å². The highest BCUT2D eigenvalue weighted by Crippen LogP contribution is 2.58. The lowest BCUT2D eigenvalue weighted by Crippen LogP contribution is -2.31. The molecule has 0 N–H and O–H groups in total. The Hall–Kier alpha value is -0.330. The molecule has 1 nitrogen and oxygen atoms in total. The minimum Gasteiger partial charge on any atom is -0.299 e. The zero-order valence-corrected chi connectivity index (χ0v) is 6.05. The van der Waals surface area contributed by atoms with Crippen LogP contribution in [0.25, 0.3) is 0 Å².